The summed E-state index contributed by atoms with van der Waals surface area (Å²) in [4.78, 5) is 62.6. The molecule has 1 aliphatic heterocycles. The van der Waals surface area contributed by atoms with Crippen molar-refractivity contribution >= 4 is 29.7 Å². The lowest BCUT2D eigenvalue weighted by atomic mass is 9.97. The van der Waals surface area contributed by atoms with Crippen molar-refractivity contribution in [2.45, 2.75) is 162 Å². The minimum absolute atomic E-state index is 0.00753. The minimum atomic E-state index is -1.47. The summed E-state index contributed by atoms with van der Waals surface area (Å²) in [6, 6.07) is -2.20. The summed E-state index contributed by atoms with van der Waals surface area (Å²) >= 11 is 0. The molecular formula is C39H71N3O12. The van der Waals surface area contributed by atoms with Gasteiger partial charge in [-0.3, -0.25) is 19.2 Å². The SMILES string of the molecule is CC(=O)N[C@H]1[C@H](OCCNC(=O)CCC(=O)NC(CCC(=O)OCCC(C)CCCC(C)C)C(=O)OCCC(C)CCCC(C)C)O[C@H](CO)[C@H](O)[C@@H]1O. The number of carbonyl (C=O) groups is 5. The number of nitrogens with one attached hydrogen (secondary N) is 3. The van der Waals surface area contributed by atoms with Gasteiger partial charge in [-0.15, -0.1) is 0 Å². The van der Waals surface area contributed by atoms with Crippen molar-refractivity contribution in [3.63, 3.8) is 0 Å². The Balaban J connectivity index is 2.62. The first-order chi connectivity index (χ1) is 25.5. The van der Waals surface area contributed by atoms with Crippen LogP contribution in [0, 0.1) is 23.7 Å². The van der Waals surface area contributed by atoms with E-state index in [2.05, 4.69) is 57.5 Å². The number of esters is 2. The average Bonchev–Trinajstić information content (AvgIpc) is 3.09. The molecule has 3 amide bonds. The van der Waals surface area contributed by atoms with Gasteiger partial charge in [0.15, 0.2) is 6.29 Å². The van der Waals surface area contributed by atoms with E-state index >= 15 is 0 Å². The number of ether oxygens (including phenoxy) is 4. The molecule has 1 rings (SSSR count). The second kappa shape index (κ2) is 27.7. The number of rotatable bonds is 28. The first-order valence-corrected chi connectivity index (χ1v) is 19.9. The summed E-state index contributed by atoms with van der Waals surface area (Å²) < 4.78 is 22.0. The largest absolute Gasteiger partial charge is 0.466 e. The van der Waals surface area contributed by atoms with Crippen LogP contribution in [0.4, 0.5) is 0 Å². The molecule has 8 atom stereocenters. The lowest BCUT2D eigenvalue weighted by molar-refractivity contribution is -0.269. The monoisotopic (exact) mass is 774 g/mol. The van der Waals surface area contributed by atoms with E-state index in [4.69, 9.17) is 18.9 Å². The van der Waals surface area contributed by atoms with Gasteiger partial charge in [0.05, 0.1) is 26.4 Å². The molecule has 0 aromatic rings. The lowest BCUT2D eigenvalue weighted by Gasteiger charge is -2.42. The van der Waals surface area contributed by atoms with Crippen LogP contribution in [0.25, 0.3) is 0 Å². The van der Waals surface area contributed by atoms with E-state index in [-0.39, 0.29) is 52.0 Å². The van der Waals surface area contributed by atoms with Crippen LogP contribution in [0.2, 0.25) is 0 Å². The predicted molar refractivity (Wildman–Crippen MR) is 202 cm³/mol. The highest BCUT2D eigenvalue weighted by atomic mass is 16.7. The van der Waals surface area contributed by atoms with E-state index in [9.17, 15) is 39.3 Å². The number of hydrogen-bond acceptors (Lipinski definition) is 12. The van der Waals surface area contributed by atoms with Gasteiger partial charge in [0.2, 0.25) is 17.7 Å². The lowest BCUT2D eigenvalue weighted by Crippen LogP contribution is -2.64. The Bertz CT molecular complexity index is 1110. The van der Waals surface area contributed by atoms with E-state index in [1.807, 2.05) is 0 Å². The van der Waals surface area contributed by atoms with Crippen molar-refractivity contribution in [3.8, 4) is 0 Å². The molecule has 15 nitrogen and oxygen atoms in total. The van der Waals surface area contributed by atoms with Gasteiger partial charge in [-0.25, -0.2) is 4.79 Å². The van der Waals surface area contributed by atoms with Crippen LogP contribution in [0.1, 0.15) is 126 Å². The maximum Gasteiger partial charge on any atom is 0.328 e. The zero-order valence-corrected chi connectivity index (χ0v) is 33.8. The highest BCUT2D eigenvalue weighted by molar-refractivity contribution is 5.87. The van der Waals surface area contributed by atoms with Crippen molar-refractivity contribution < 1.29 is 58.2 Å². The second-order valence-electron chi connectivity index (χ2n) is 15.6. The fraction of sp³-hybridized carbons (Fsp3) is 0.872. The van der Waals surface area contributed by atoms with Gasteiger partial charge in [0, 0.05) is 32.7 Å². The van der Waals surface area contributed by atoms with E-state index in [0.29, 0.717) is 30.1 Å². The summed E-state index contributed by atoms with van der Waals surface area (Å²) in [7, 11) is 0. The molecule has 0 spiro atoms. The number of hydrogen-bond donors (Lipinski definition) is 6. The van der Waals surface area contributed by atoms with Gasteiger partial charge >= 0.3 is 11.9 Å². The van der Waals surface area contributed by atoms with E-state index in [0.717, 1.165) is 44.9 Å². The van der Waals surface area contributed by atoms with E-state index < -0.39 is 73.0 Å². The van der Waals surface area contributed by atoms with Crippen molar-refractivity contribution in [2.24, 2.45) is 23.7 Å². The Kier molecular flexibility index (Phi) is 25.2. The highest BCUT2D eigenvalue weighted by Crippen LogP contribution is 2.22. The second-order valence-corrected chi connectivity index (χ2v) is 15.6. The first-order valence-electron chi connectivity index (χ1n) is 19.9. The fourth-order valence-electron chi connectivity index (χ4n) is 6.02. The normalized spacial score (nSPS) is 21.6. The molecule has 1 heterocycles. The zero-order chi connectivity index (χ0) is 40.6. The van der Waals surface area contributed by atoms with Gasteiger partial charge in [-0.2, -0.15) is 0 Å². The van der Waals surface area contributed by atoms with Crippen LogP contribution in [-0.4, -0.2) is 115 Å². The Morgan fingerprint density at radius 1 is 0.704 bits per heavy atom. The van der Waals surface area contributed by atoms with Gasteiger partial charge in [-0.1, -0.05) is 80.1 Å². The Morgan fingerprint density at radius 2 is 1.28 bits per heavy atom. The number of carbonyl (C=O) groups excluding carboxylic acids is 5. The van der Waals surface area contributed by atoms with E-state index in [1.54, 1.807) is 0 Å². The van der Waals surface area contributed by atoms with Crippen LogP contribution in [0.3, 0.4) is 0 Å². The topological polar surface area (TPSA) is 219 Å². The van der Waals surface area contributed by atoms with Crippen LogP contribution in [-0.2, 0) is 42.9 Å². The molecule has 1 aliphatic rings. The predicted octanol–water partition coefficient (Wildman–Crippen LogP) is 2.90. The maximum atomic E-state index is 13.1. The van der Waals surface area contributed by atoms with Gasteiger partial charge < -0.3 is 50.2 Å². The summed E-state index contributed by atoms with van der Waals surface area (Å²) in [5.41, 5.74) is 0. The summed E-state index contributed by atoms with van der Waals surface area (Å²) in [5, 5.41) is 37.6. The van der Waals surface area contributed by atoms with Crippen molar-refractivity contribution in [1.29, 1.82) is 0 Å². The van der Waals surface area contributed by atoms with Crippen molar-refractivity contribution in [2.75, 3.05) is 33.0 Å². The quantitative estimate of drug-likeness (QED) is 0.0500. The molecule has 314 valence electrons. The molecule has 0 saturated carbocycles. The van der Waals surface area contributed by atoms with Crippen LogP contribution in [0.5, 0.6) is 0 Å². The third-order valence-corrected chi connectivity index (χ3v) is 9.48. The molecule has 1 fully saturated rings. The molecule has 15 heteroatoms. The molecule has 0 aromatic carbocycles. The number of aliphatic hydroxyl groups is 3. The number of aliphatic hydroxyl groups excluding tert-OH is 3. The molecule has 0 aliphatic carbocycles. The summed E-state index contributed by atoms with van der Waals surface area (Å²) in [5.74, 6) is -0.575. The molecule has 0 aromatic heterocycles. The molecule has 3 unspecified atom stereocenters. The van der Waals surface area contributed by atoms with Crippen molar-refractivity contribution in [3.05, 3.63) is 0 Å². The molecule has 54 heavy (non-hydrogen) atoms. The molecule has 0 radical (unpaired) electrons. The van der Waals surface area contributed by atoms with Crippen LogP contribution >= 0.6 is 0 Å². The Hall–Kier alpha value is -2.85. The maximum absolute atomic E-state index is 13.1. The summed E-state index contributed by atoms with van der Waals surface area (Å²) in [6.07, 6.45) is 2.23. The summed E-state index contributed by atoms with van der Waals surface area (Å²) in [6.45, 7) is 14.0. The zero-order valence-electron chi connectivity index (χ0n) is 33.8. The van der Waals surface area contributed by atoms with Crippen LogP contribution in [0.15, 0.2) is 0 Å². The average molecular weight is 774 g/mol. The Morgan fingerprint density at radius 3 is 1.83 bits per heavy atom. The van der Waals surface area contributed by atoms with E-state index in [1.165, 1.54) is 6.92 Å². The van der Waals surface area contributed by atoms with Crippen LogP contribution < -0.4 is 16.0 Å². The van der Waals surface area contributed by atoms with Crippen molar-refractivity contribution in [1.82, 2.24) is 16.0 Å². The molecule has 1 saturated heterocycles. The number of amides is 3. The highest BCUT2D eigenvalue weighted by Gasteiger charge is 2.45. The molecule has 0 bridgehead atoms. The standard InChI is InChI=1S/C39H71N3O12/c1-25(2)10-8-12-27(5)18-21-51-34(47)17-14-30(38(50)52-22-19-28(6)13-9-11-26(3)4)42-33(46)16-15-32(45)40-20-23-53-39-35(41-29(7)44)37(49)36(48)31(24-43)54-39/h25-28,30-31,35-37,39,43,48-49H,8-24H2,1-7H3,(H,40,45)(H,41,44)(H,42,46)/t27?,28?,30?,31-,35-,36+,37-,39-/m1/s1. The molecular weight excluding hydrogens is 702 g/mol. The van der Waals surface area contributed by atoms with Gasteiger partial charge in [0.25, 0.3) is 0 Å². The van der Waals surface area contributed by atoms with Gasteiger partial charge in [-0.05, 0) is 42.9 Å². The third kappa shape index (κ3) is 21.9. The minimum Gasteiger partial charge on any atom is -0.466 e. The van der Waals surface area contributed by atoms with Gasteiger partial charge in [0.1, 0.15) is 30.4 Å². The fourth-order valence-corrected chi connectivity index (χ4v) is 6.02. The molecule has 6 N–H and O–H groups in total. The first kappa shape index (κ1) is 49.2. The smallest absolute Gasteiger partial charge is 0.328 e. The Labute approximate surface area is 322 Å². The third-order valence-electron chi connectivity index (χ3n) is 9.48.